The van der Waals surface area contributed by atoms with Gasteiger partial charge in [-0.15, -0.1) is 6.58 Å². The topological polar surface area (TPSA) is 0 Å². The fourth-order valence-corrected chi connectivity index (χ4v) is 1.78. The fraction of sp³-hybridized carbons (Fsp3) is 0.857. The maximum atomic E-state index is 3.74. The van der Waals surface area contributed by atoms with Gasteiger partial charge in [0.1, 0.15) is 0 Å². The molecule has 0 N–H and O–H groups in total. The van der Waals surface area contributed by atoms with Crippen molar-refractivity contribution in [3.05, 3.63) is 12.7 Å². The predicted molar refractivity (Wildman–Crippen MR) is 72.4 cm³/mol. The van der Waals surface area contributed by atoms with Gasteiger partial charge < -0.3 is 0 Å². The summed E-state index contributed by atoms with van der Waals surface area (Å²) in [7, 11) is 0. The first kappa shape index (κ1) is 17.6. The van der Waals surface area contributed by atoms with Crippen molar-refractivity contribution >= 4 is 17.1 Å². The molecule has 0 atom stereocenters. The van der Waals surface area contributed by atoms with Gasteiger partial charge >= 0.3 is 0 Å². The Balaban J connectivity index is 0. The van der Waals surface area contributed by atoms with Crippen molar-refractivity contribution in [2.24, 2.45) is 0 Å². The molecule has 0 fully saturated rings. The van der Waals surface area contributed by atoms with Gasteiger partial charge in [0, 0.05) is 17.1 Å². The molecule has 1 heteroatoms. The third kappa shape index (κ3) is 16.9. The van der Waals surface area contributed by atoms with Crippen LogP contribution in [-0.4, -0.2) is 17.1 Å². The van der Waals surface area contributed by atoms with Crippen molar-refractivity contribution in [2.75, 3.05) is 0 Å². The molecule has 0 aliphatic rings. The van der Waals surface area contributed by atoms with Crippen LogP contribution in [0.2, 0.25) is 0 Å². The minimum Gasteiger partial charge on any atom is -0.103 e. The molecule has 0 aliphatic carbocycles. The zero-order valence-electron chi connectivity index (χ0n) is 10.5. The Morgan fingerprint density at radius 2 is 1.13 bits per heavy atom. The monoisotopic (exact) mass is 276 g/mol. The Hall–Kier alpha value is 0.259. The molecule has 2 radical (unpaired) electrons. The molecule has 0 nitrogen and oxygen atoms in total. The van der Waals surface area contributed by atoms with E-state index in [9.17, 15) is 0 Å². The summed E-state index contributed by atoms with van der Waals surface area (Å²) in [4.78, 5) is 0. The summed E-state index contributed by atoms with van der Waals surface area (Å²) in [6, 6.07) is 0. The van der Waals surface area contributed by atoms with Crippen LogP contribution in [0.3, 0.4) is 0 Å². The van der Waals surface area contributed by atoms with Crippen LogP contribution in [-0.2, 0) is 0 Å². The van der Waals surface area contributed by atoms with Crippen molar-refractivity contribution in [3.8, 4) is 0 Å². The van der Waals surface area contributed by atoms with Crippen LogP contribution < -0.4 is 0 Å². The van der Waals surface area contributed by atoms with Gasteiger partial charge in [-0.1, -0.05) is 70.8 Å². The molecular weight excluding hydrogens is 247 g/mol. The molecule has 0 aromatic rings. The second-order valence-corrected chi connectivity index (χ2v) is 4.26. The first-order valence-corrected chi connectivity index (χ1v) is 6.52. The first-order valence-electron chi connectivity index (χ1n) is 6.52. The van der Waals surface area contributed by atoms with Gasteiger partial charge in [-0.2, -0.15) is 0 Å². The van der Waals surface area contributed by atoms with Gasteiger partial charge in [-0.3, -0.25) is 0 Å². The van der Waals surface area contributed by atoms with E-state index in [1.807, 2.05) is 6.08 Å². The summed E-state index contributed by atoms with van der Waals surface area (Å²) in [5.74, 6) is 0. The molecule has 0 aromatic heterocycles. The second kappa shape index (κ2) is 16.7. The third-order valence-electron chi connectivity index (χ3n) is 2.76. The minimum atomic E-state index is 0. The minimum absolute atomic E-state index is 0. The van der Waals surface area contributed by atoms with E-state index >= 15 is 0 Å². The zero-order valence-corrected chi connectivity index (χ0v) is 12.2. The maximum absolute atomic E-state index is 3.74. The Morgan fingerprint density at radius 3 is 1.53 bits per heavy atom. The van der Waals surface area contributed by atoms with Crippen LogP contribution >= 0.6 is 0 Å². The van der Waals surface area contributed by atoms with Gasteiger partial charge in [-0.25, -0.2) is 0 Å². The van der Waals surface area contributed by atoms with E-state index in [4.69, 9.17) is 0 Å². The van der Waals surface area contributed by atoms with Crippen LogP contribution in [0.5, 0.6) is 0 Å². The van der Waals surface area contributed by atoms with Gasteiger partial charge in [0.05, 0.1) is 0 Å². The largest absolute Gasteiger partial charge is 0.103 e. The molecule has 0 spiro atoms. The van der Waals surface area contributed by atoms with Crippen molar-refractivity contribution in [2.45, 2.75) is 77.6 Å². The standard InChI is InChI=1S/C14H28.Se/c1-3-5-7-9-11-13-14-12-10-8-6-4-2;/h3H,1,4-14H2,2H3;. The Labute approximate surface area is 107 Å². The molecule has 0 aromatic carbocycles. The van der Waals surface area contributed by atoms with E-state index in [1.54, 1.807) is 0 Å². The average Bonchev–Trinajstić information content (AvgIpc) is 2.21. The molecule has 0 unspecified atom stereocenters. The van der Waals surface area contributed by atoms with Gasteiger partial charge in [0.2, 0.25) is 0 Å². The number of hydrogen-bond acceptors (Lipinski definition) is 0. The average molecular weight is 275 g/mol. The number of allylic oxidation sites excluding steroid dienone is 1. The van der Waals surface area contributed by atoms with Crippen molar-refractivity contribution < 1.29 is 0 Å². The summed E-state index contributed by atoms with van der Waals surface area (Å²) in [6.45, 7) is 6.01. The Bertz CT molecular complexity index is 110. The normalized spacial score (nSPS) is 9.67. The fourth-order valence-electron chi connectivity index (χ4n) is 1.78. The van der Waals surface area contributed by atoms with Crippen LogP contribution in [0.25, 0.3) is 0 Å². The van der Waals surface area contributed by atoms with Gasteiger partial charge in [0.15, 0.2) is 0 Å². The molecule has 0 saturated carbocycles. The van der Waals surface area contributed by atoms with Gasteiger partial charge in [0.25, 0.3) is 0 Å². The second-order valence-electron chi connectivity index (χ2n) is 4.26. The molecule has 0 amide bonds. The van der Waals surface area contributed by atoms with E-state index in [1.165, 1.54) is 70.6 Å². The summed E-state index contributed by atoms with van der Waals surface area (Å²) < 4.78 is 0. The smallest absolute Gasteiger partial charge is 0 e. The Morgan fingerprint density at radius 1 is 0.733 bits per heavy atom. The van der Waals surface area contributed by atoms with Crippen molar-refractivity contribution in [1.29, 1.82) is 0 Å². The molecule has 15 heavy (non-hydrogen) atoms. The van der Waals surface area contributed by atoms with Crippen LogP contribution in [0.15, 0.2) is 12.7 Å². The molecule has 0 saturated heterocycles. The molecule has 0 bridgehead atoms. The van der Waals surface area contributed by atoms with E-state index in [-0.39, 0.29) is 17.1 Å². The van der Waals surface area contributed by atoms with Crippen molar-refractivity contribution in [1.82, 2.24) is 0 Å². The van der Waals surface area contributed by atoms with Crippen LogP contribution in [0.4, 0.5) is 0 Å². The summed E-state index contributed by atoms with van der Waals surface area (Å²) in [6.07, 6.45) is 17.5. The maximum Gasteiger partial charge on any atom is 0 e. The van der Waals surface area contributed by atoms with E-state index in [0.29, 0.717) is 0 Å². The zero-order chi connectivity index (χ0) is 10.5. The van der Waals surface area contributed by atoms with E-state index in [0.717, 1.165) is 0 Å². The number of hydrogen-bond donors (Lipinski definition) is 0. The number of rotatable bonds is 11. The Kier molecular flexibility index (Phi) is 19.6. The van der Waals surface area contributed by atoms with Crippen molar-refractivity contribution in [3.63, 3.8) is 0 Å². The SMILES string of the molecule is C=CCCCCCCCCCCCC.[Se]. The summed E-state index contributed by atoms with van der Waals surface area (Å²) >= 11 is 0. The van der Waals surface area contributed by atoms with Crippen LogP contribution in [0, 0.1) is 0 Å². The summed E-state index contributed by atoms with van der Waals surface area (Å²) in [5.41, 5.74) is 0. The molecule has 0 aliphatic heterocycles. The van der Waals surface area contributed by atoms with E-state index in [2.05, 4.69) is 13.5 Å². The van der Waals surface area contributed by atoms with Crippen LogP contribution in [0.1, 0.15) is 77.6 Å². The molecule has 0 rings (SSSR count). The third-order valence-corrected chi connectivity index (χ3v) is 2.76. The molecule has 0 heterocycles. The van der Waals surface area contributed by atoms with Gasteiger partial charge in [-0.05, 0) is 12.8 Å². The van der Waals surface area contributed by atoms with E-state index < -0.39 is 0 Å². The molecule has 90 valence electrons. The summed E-state index contributed by atoms with van der Waals surface area (Å²) in [5, 5.41) is 0. The quantitative estimate of drug-likeness (QED) is 0.279. The number of unbranched alkanes of at least 4 members (excludes halogenated alkanes) is 10. The predicted octanol–water partition coefficient (Wildman–Crippen LogP) is 5.10. The first-order chi connectivity index (χ1) is 6.91. The molecular formula is C14H28Se.